The van der Waals surface area contributed by atoms with Crippen molar-refractivity contribution in [2.75, 3.05) is 7.11 Å². The molecule has 1 aliphatic heterocycles. The quantitative estimate of drug-likeness (QED) is 0.838. The van der Waals surface area contributed by atoms with Crippen LogP contribution in [0.1, 0.15) is 31.9 Å². The molecule has 2 atom stereocenters. The molecule has 0 radical (unpaired) electrons. The van der Waals surface area contributed by atoms with Crippen LogP contribution in [-0.2, 0) is 9.53 Å². The van der Waals surface area contributed by atoms with E-state index in [0.29, 0.717) is 0 Å². The Bertz CT molecular complexity index is 459. The van der Waals surface area contributed by atoms with Gasteiger partial charge >= 0.3 is 5.97 Å². The highest BCUT2D eigenvalue weighted by Gasteiger charge is 2.44. The lowest BCUT2D eigenvalue weighted by atomic mass is 9.80. The fourth-order valence-electron chi connectivity index (χ4n) is 2.64. The van der Waals surface area contributed by atoms with Crippen LogP contribution >= 0.6 is 11.6 Å². The van der Waals surface area contributed by atoms with Crippen molar-refractivity contribution in [2.45, 2.75) is 32.4 Å². The highest BCUT2D eigenvalue weighted by molar-refractivity contribution is 6.31. The lowest BCUT2D eigenvalue weighted by Crippen LogP contribution is -2.33. The molecule has 1 aromatic rings. The van der Waals surface area contributed by atoms with Crippen molar-refractivity contribution in [3.8, 4) is 0 Å². The summed E-state index contributed by atoms with van der Waals surface area (Å²) in [5.41, 5.74) is 1.000. The summed E-state index contributed by atoms with van der Waals surface area (Å²) in [5.74, 6) is -0.211. The minimum atomic E-state index is -0.258. The van der Waals surface area contributed by atoms with Gasteiger partial charge in [-0.1, -0.05) is 43.6 Å². The maximum absolute atomic E-state index is 11.6. The average Bonchev–Trinajstić information content (AvgIpc) is 2.65. The zero-order valence-corrected chi connectivity index (χ0v) is 11.6. The second-order valence-corrected chi connectivity index (χ2v) is 5.80. The highest BCUT2D eigenvalue weighted by atomic mass is 35.5. The van der Waals surface area contributed by atoms with Gasteiger partial charge in [0.25, 0.3) is 0 Å². The van der Waals surface area contributed by atoms with Crippen LogP contribution in [0.3, 0.4) is 0 Å². The Kier molecular flexibility index (Phi) is 3.64. The summed E-state index contributed by atoms with van der Waals surface area (Å²) in [4.78, 5) is 11.6. The van der Waals surface area contributed by atoms with Crippen LogP contribution in [-0.4, -0.2) is 19.1 Å². The van der Waals surface area contributed by atoms with Crippen LogP contribution in [0.4, 0.5) is 0 Å². The zero-order chi connectivity index (χ0) is 13.3. The number of halogens is 1. The first kappa shape index (κ1) is 13.4. The van der Waals surface area contributed by atoms with E-state index in [0.717, 1.165) is 17.0 Å². The lowest BCUT2D eigenvalue weighted by Gasteiger charge is -2.27. The molecule has 0 bridgehead atoms. The van der Waals surface area contributed by atoms with Crippen molar-refractivity contribution in [3.63, 3.8) is 0 Å². The Morgan fingerprint density at radius 3 is 2.72 bits per heavy atom. The Morgan fingerprint density at radius 1 is 1.44 bits per heavy atom. The number of carbonyl (C=O) groups is 1. The number of hydrogen-bond acceptors (Lipinski definition) is 3. The van der Waals surface area contributed by atoms with Crippen LogP contribution in [0.5, 0.6) is 0 Å². The molecule has 0 saturated carbocycles. The van der Waals surface area contributed by atoms with Crippen molar-refractivity contribution in [3.05, 3.63) is 34.9 Å². The van der Waals surface area contributed by atoms with Gasteiger partial charge in [0.05, 0.1) is 7.11 Å². The molecule has 0 aromatic heterocycles. The predicted molar refractivity (Wildman–Crippen MR) is 71.5 cm³/mol. The van der Waals surface area contributed by atoms with Gasteiger partial charge < -0.3 is 4.74 Å². The van der Waals surface area contributed by atoms with Gasteiger partial charge in [0.2, 0.25) is 0 Å². The van der Waals surface area contributed by atoms with Gasteiger partial charge in [-0.25, -0.2) is 0 Å². The molecule has 0 amide bonds. The van der Waals surface area contributed by atoms with E-state index < -0.39 is 0 Å². The Labute approximate surface area is 112 Å². The van der Waals surface area contributed by atoms with E-state index in [1.165, 1.54) is 7.11 Å². The topological polar surface area (TPSA) is 38.3 Å². The third-order valence-electron chi connectivity index (χ3n) is 3.58. The van der Waals surface area contributed by atoms with E-state index >= 15 is 0 Å². The fraction of sp³-hybridized carbons (Fsp3) is 0.500. The molecule has 18 heavy (non-hydrogen) atoms. The second-order valence-electron chi connectivity index (χ2n) is 5.39. The van der Waals surface area contributed by atoms with E-state index in [-0.39, 0.29) is 23.5 Å². The van der Waals surface area contributed by atoms with Gasteiger partial charge in [0.15, 0.2) is 0 Å². The Balaban J connectivity index is 2.29. The number of esters is 1. The SMILES string of the molecule is COC(=O)C1CC(C)(C)C(c2ccccc2Cl)N1. The predicted octanol–water partition coefficient (Wildman–Crippen LogP) is 2.94. The molecule has 4 heteroatoms. The number of nitrogens with one attached hydrogen (secondary N) is 1. The molecular weight excluding hydrogens is 250 g/mol. The van der Waals surface area contributed by atoms with Gasteiger partial charge in [0, 0.05) is 11.1 Å². The molecule has 1 heterocycles. The van der Waals surface area contributed by atoms with Gasteiger partial charge in [-0.2, -0.15) is 0 Å². The van der Waals surface area contributed by atoms with Crippen molar-refractivity contribution < 1.29 is 9.53 Å². The van der Waals surface area contributed by atoms with Gasteiger partial charge in [0.1, 0.15) is 6.04 Å². The van der Waals surface area contributed by atoms with Gasteiger partial charge in [-0.15, -0.1) is 0 Å². The molecular formula is C14H18ClNO2. The van der Waals surface area contributed by atoms with Crippen molar-refractivity contribution in [2.24, 2.45) is 5.41 Å². The number of benzene rings is 1. The van der Waals surface area contributed by atoms with Crippen molar-refractivity contribution >= 4 is 17.6 Å². The van der Waals surface area contributed by atoms with E-state index in [2.05, 4.69) is 19.2 Å². The third kappa shape index (κ3) is 2.38. The molecule has 1 fully saturated rings. The average molecular weight is 268 g/mol. The summed E-state index contributed by atoms with van der Waals surface area (Å²) in [6.45, 7) is 4.27. The van der Waals surface area contributed by atoms with E-state index in [1.807, 2.05) is 24.3 Å². The molecule has 3 nitrogen and oxygen atoms in total. The second kappa shape index (κ2) is 4.90. The summed E-state index contributed by atoms with van der Waals surface area (Å²) in [7, 11) is 1.42. The first-order chi connectivity index (χ1) is 8.45. The maximum atomic E-state index is 11.6. The van der Waals surface area contributed by atoms with E-state index in [9.17, 15) is 4.79 Å². The van der Waals surface area contributed by atoms with Crippen LogP contribution in [0.15, 0.2) is 24.3 Å². The molecule has 2 unspecified atom stereocenters. The number of hydrogen-bond donors (Lipinski definition) is 1. The maximum Gasteiger partial charge on any atom is 0.322 e. The van der Waals surface area contributed by atoms with Crippen LogP contribution in [0.2, 0.25) is 5.02 Å². The zero-order valence-electron chi connectivity index (χ0n) is 10.9. The molecule has 0 aliphatic carbocycles. The molecule has 0 spiro atoms. The standard InChI is InChI=1S/C14H18ClNO2/c1-14(2)8-11(13(17)18-3)16-12(14)9-6-4-5-7-10(9)15/h4-7,11-12,16H,8H2,1-3H3. The van der Waals surface area contributed by atoms with Gasteiger partial charge in [-0.05, 0) is 23.5 Å². The van der Waals surface area contributed by atoms with Crippen LogP contribution < -0.4 is 5.32 Å². The molecule has 1 N–H and O–H groups in total. The Hall–Kier alpha value is -1.06. The highest BCUT2D eigenvalue weighted by Crippen LogP contribution is 2.45. The molecule has 2 rings (SSSR count). The number of rotatable bonds is 2. The number of carbonyl (C=O) groups excluding carboxylic acids is 1. The Morgan fingerprint density at radius 2 is 2.11 bits per heavy atom. The minimum absolute atomic E-state index is 0.0378. The summed E-state index contributed by atoms with van der Waals surface area (Å²) in [5, 5.41) is 4.06. The first-order valence-electron chi connectivity index (χ1n) is 6.04. The van der Waals surface area contributed by atoms with Gasteiger partial charge in [-0.3, -0.25) is 10.1 Å². The van der Waals surface area contributed by atoms with E-state index in [1.54, 1.807) is 0 Å². The minimum Gasteiger partial charge on any atom is -0.468 e. The van der Waals surface area contributed by atoms with Crippen molar-refractivity contribution in [1.29, 1.82) is 0 Å². The normalized spacial score (nSPS) is 26.0. The third-order valence-corrected chi connectivity index (χ3v) is 3.93. The van der Waals surface area contributed by atoms with Crippen LogP contribution in [0.25, 0.3) is 0 Å². The fourth-order valence-corrected chi connectivity index (χ4v) is 2.89. The summed E-state index contributed by atoms with van der Waals surface area (Å²) < 4.78 is 4.81. The molecule has 1 aromatic carbocycles. The monoisotopic (exact) mass is 267 g/mol. The summed E-state index contributed by atoms with van der Waals surface area (Å²) in [6.07, 6.45) is 0.746. The molecule has 98 valence electrons. The number of methoxy groups -OCH3 is 1. The first-order valence-corrected chi connectivity index (χ1v) is 6.42. The number of ether oxygens (including phenoxy) is 1. The smallest absolute Gasteiger partial charge is 0.322 e. The largest absolute Gasteiger partial charge is 0.468 e. The lowest BCUT2D eigenvalue weighted by molar-refractivity contribution is -0.142. The molecule has 1 aliphatic rings. The summed E-state index contributed by atoms with van der Waals surface area (Å²) >= 11 is 6.24. The van der Waals surface area contributed by atoms with Crippen LogP contribution in [0, 0.1) is 5.41 Å². The molecule has 1 saturated heterocycles. The van der Waals surface area contributed by atoms with E-state index in [4.69, 9.17) is 16.3 Å². The van der Waals surface area contributed by atoms with Crippen molar-refractivity contribution in [1.82, 2.24) is 5.32 Å². The summed E-state index contributed by atoms with van der Waals surface area (Å²) in [6, 6.07) is 7.55.